The Morgan fingerprint density at radius 2 is 1.91 bits per heavy atom. The number of rotatable bonds is 3. The fourth-order valence-corrected chi connectivity index (χ4v) is 2.37. The van der Waals surface area contributed by atoms with Gasteiger partial charge in [-0.15, -0.1) is 30.4 Å². The van der Waals surface area contributed by atoms with Crippen molar-refractivity contribution >= 4 is 35.6 Å². The molecule has 6 heteroatoms. The van der Waals surface area contributed by atoms with Crippen molar-refractivity contribution in [2.45, 2.75) is 6.92 Å². The maximum atomic E-state index is 13.0. The zero-order chi connectivity index (χ0) is 15.1. The average Bonchev–Trinajstić information content (AvgIpc) is 2.52. The molecule has 0 aromatic heterocycles. The van der Waals surface area contributed by atoms with Crippen molar-refractivity contribution in [3.8, 4) is 12.3 Å². The number of nitrogens with zero attached hydrogens (tertiary/aromatic N) is 3. The number of terminal acetylenes is 1. The summed E-state index contributed by atoms with van der Waals surface area (Å²) in [6.07, 6.45) is 5.27. The van der Waals surface area contributed by atoms with Crippen molar-refractivity contribution in [2.75, 3.05) is 44.2 Å². The molecule has 0 saturated carbocycles. The number of hydrogen-bond acceptors (Lipinski definition) is 2. The molecule has 0 spiro atoms. The standard InChI is InChI=1S/C16H21FN4.HI/c1-3-9-19-16(18-4-2)21-12-10-20(11-13-21)15-7-5-14(17)6-8-15;/h1,5-8H,4,9-13H2,2H3,(H,18,19);1H. The van der Waals surface area contributed by atoms with Crippen LogP contribution in [0.1, 0.15) is 6.92 Å². The van der Waals surface area contributed by atoms with Crippen molar-refractivity contribution in [1.29, 1.82) is 0 Å². The first-order chi connectivity index (χ1) is 10.2. The molecule has 1 aromatic carbocycles. The minimum absolute atomic E-state index is 0. The van der Waals surface area contributed by atoms with Crippen molar-refractivity contribution in [3.63, 3.8) is 0 Å². The van der Waals surface area contributed by atoms with E-state index in [0.717, 1.165) is 44.4 Å². The van der Waals surface area contributed by atoms with Crippen LogP contribution in [0.2, 0.25) is 0 Å². The van der Waals surface area contributed by atoms with Gasteiger partial charge in [0.1, 0.15) is 12.4 Å². The highest BCUT2D eigenvalue weighted by atomic mass is 127. The Kier molecular flexibility index (Phi) is 8.02. The molecule has 1 saturated heterocycles. The van der Waals surface area contributed by atoms with E-state index in [9.17, 15) is 4.39 Å². The van der Waals surface area contributed by atoms with E-state index in [4.69, 9.17) is 6.42 Å². The molecule has 1 aromatic rings. The van der Waals surface area contributed by atoms with Gasteiger partial charge in [0.15, 0.2) is 5.96 Å². The molecule has 0 bridgehead atoms. The molecule has 2 rings (SSSR count). The zero-order valence-electron chi connectivity index (χ0n) is 12.8. The lowest BCUT2D eigenvalue weighted by Gasteiger charge is -2.37. The molecule has 0 radical (unpaired) electrons. The van der Waals surface area contributed by atoms with Crippen LogP contribution in [0.3, 0.4) is 0 Å². The number of aliphatic imine (C=N–C) groups is 1. The van der Waals surface area contributed by atoms with Gasteiger partial charge in [-0.1, -0.05) is 5.92 Å². The topological polar surface area (TPSA) is 30.9 Å². The Bertz CT molecular complexity index is 516. The number of hydrogen-bond donors (Lipinski definition) is 1. The van der Waals surface area contributed by atoms with Crippen LogP contribution < -0.4 is 10.2 Å². The van der Waals surface area contributed by atoms with Gasteiger partial charge in [-0.3, -0.25) is 0 Å². The Morgan fingerprint density at radius 1 is 1.27 bits per heavy atom. The third-order valence-electron chi connectivity index (χ3n) is 3.43. The number of benzene rings is 1. The summed E-state index contributed by atoms with van der Waals surface area (Å²) in [4.78, 5) is 8.85. The van der Waals surface area contributed by atoms with Crippen molar-refractivity contribution in [3.05, 3.63) is 30.1 Å². The van der Waals surface area contributed by atoms with Crippen LogP contribution in [0.4, 0.5) is 10.1 Å². The largest absolute Gasteiger partial charge is 0.368 e. The molecule has 1 heterocycles. The number of piperazine rings is 1. The maximum absolute atomic E-state index is 13.0. The molecule has 1 N–H and O–H groups in total. The molecule has 1 aliphatic rings. The van der Waals surface area contributed by atoms with Gasteiger partial charge in [0, 0.05) is 38.4 Å². The summed E-state index contributed by atoms with van der Waals surface area (Å²) in [6, 6.07) is 6.64. The highest BCUT2D eigenvalue weighted by molar-refractivity contribution is 14.0. The second-order valence-corrected chi connectivity index (χ2v) is 4.82. The van der Waals surface area contributed by atoms with E-state index in [1.54, 1.807) is 0 Å². The number of halogens is 2. The van der Waals surface area contributed by atoms with Gasteiger partial charge in [-0.2, -0.15) is 0 Å². The minimum atomic E-state index is -0.201. The molecule has 0 aliphatic carbocycles. The molecule has 22 heavy (non-hydrogen) atoms. The van der Waals surface area contributed by atoms with Gasteiger partial charge in [0.2, 0.25) is 0 Å². The van der Waals surface area contributed by atoms with Gasteiger partial charge >= 0.3 is 0 Å². The summed E-state index contributed by atoms with van der Waals surface area (Å²) in [5, 5.41) is 3.26. The van der Waals surface area contributed by atoms with Crippen LogP contribution in [0.25, 0.3) is 0 Å². The van der Waals surface area contributed by atoms with Crippen LogP contribution in [-0.4, -0.2) is 50.1 Å². The first-order valence-corrected chi connectivity index (χ1v) is 7.22. The summed E-state index contributed by atoms with van der Waals surface area (Å²) >= 11 is 0. The summed E-state index contributed by atoms with van der Waals surface area (Å²) in [7, 11) is 0. The normalized spacial score (nSPS) is 15.0. The fraction of sp³-hybridized carbons (Fsp3) is 0.438. The quantitative estimate of drug-likeness (QED) is 0.355. The zero-order valence-corrected chi connectivity index (χ0v) is 15.1. The van der Waals surface area contributed by atoms with E-state index in [2.05, 4.69) is 26.0 Å². The van der Waals surface area contributed by atoms with Crippen LogP contribution in [0.15, 0.2) is 29.3 Å². The van der Waals surface area contributed by atoms with E-state index in [1.165, 1.54) is 12.1 Å². The lowest BCUT2D eigenvalue weighted by molar-refractivity contribution is 0.373. The number of nitrogens with one attached hydrogen (secondary N) is 1. The molecule has 0 amide bonds. The molecular weight excluding hydrogens is 394 g/mol. The van der Waals surface area contributed by atoms with Gasteiger partial charge in [0.25, 0.3) is 0 Å². The average molecular weight is 416 g/mol. The second kappa shape index (κ2) is 9.51. The van der Waals surface area contributed by atoms with Gasteiger partial charge in [0.05, 0.1) is 0 Å². The summed E-state index contributed by atoms with van der Waals surface area (Å²) in [5.74, 6) is 3.20. The highest BCUT2D eigenvalue weighted by Gasteiger charge is 2.19. The predicted molar refractivity (Wildman–Crippen MR) is 100 cm³/mol. The molecule has 120 valence electrons. The molecule has 1 fully saturated rings. The van der Waals surface area contributed by atoms with Crippen molar-refractivity contribution in [2.24, 2.45) is 4.99 Å². The SMILES string of the molecule is C#CCN=C(NCC)N1CCN(c2ccc(F)cc2)CC1.I. The molecule has 4 nitrogen and oxygen atoms in total. The van der Waals surface area contributed by atoms with Gasteiger partial charge in [-0.25, -0.2) is 9.38 Å². The van der Waals surface area contributed by atoms with Crippen LogP contribution in [0.5, 0.6) is 0 Å². The lowest BCUT2D eigenvalue weighted by Crippen LogP contribution is -2.52. The Morgan fingerprint density at radius 3 is 2.45 bits per heavy atom. The van der Waals surface area contributed by atoms with Crippen molar-refractivity contribution in [1.82, 2.24) is 10.2 Å². The molecule has 0 unspecified atom stereocenters. The predicted octanol–water partition coefficient (Wildman–Crippen LogP) is 2.16. The van der Waals surface area contributed by atoms with E-state index >= 15 is 0 Å². The monoisotopic (exact) mass is 416 g/mol. The molecular formula is C16H22FIN4. The first kappa shape index (κ1) is 18.6. The molecule has 1 aliphatic heterocycles. The van der Waals surface area contributed by atoms with Crippen LogP contribution >= 0.6 is 24.0 Å². The summed E-state index contributed by atoms with van der Waals surface area (Å²) < 4.78 is 13.0. The second-order valence-electron chi connectivity index (χ2n) is 4.82. The smallest absolute Gasteiger partial charge is 0.195 e. The summed E-state index contributed by atoms with van der Waals surface area (Å²) in [5.41, 5.74) is 1.06. The Balaban J connectivity index is 0.00000242. The lowest BCUT2D eigenvalue weighted by atomic mass is 10.2. The first-order valence-electron chi connectivity index (χ1n) is 7.22. The van der Waals surface area contributed by atoms with E-state index in [0.29, 0.717) is 6.54 Å². The van der Waals surface area contributed by atoms with Crippen molar-refractivity contribution < 1.29 is 4.39 Å². The van der Waals surface area contributed by atoms with Crippen LogP contribution in [0, 0.1) is 18.2 Å². The maximum Gasteiger partial charge on any atom is 0.195 e. The van der Waals surface area contributed by atoms with E-state index in [-0.39, 0.29) is 29.8 Å². The van der Waals surface area contributed by atoms with Crippen LogP contribution in [-0.2, 0) is 0 Å². The Hall–Kier alpha value is -1.49. The van der Waals surface area contributed by atoms with E-state index < -0.39 is 0 Å². The van der Waals surface area contributed by atoms with Gasteiger partial charge in [-0.05, 0) is 31.2 Å². The highest BCUT2D eigenvalue weighted by Crippen LogP contribution is 2.16. The van der Waals surface area contributed by atoms with Gasteiger partial charge < -0.3 is 15.1 Å². The number of anilines is 1. The third-order valence-corrected chi connectivity index (χ3v) is 3.43. The minimum Gasteiger partial charge on any atom is -0.368 e. The summed E-state index contributed by atoms with van der Waals surface area (Å²) in [6.45, 7) is 6.75. The van der Waals surface area contributed by atoms with E-state index in [1.807, 2.05) is 19.1 Å². The fourth-order valence-electron chi connectivity index (χ4n) is 2.37. The molecule has 0 atom stereocenters. The third kappa shape index (κ3) is 5.05. The Labute approximate surface area is 148 Å². The number of guanidine groups is 1.